The van der Waals surface area contributed by atoms with Gasteiger partial charge in [0, 0.05) is 5.56 Å². The van der Waals surface area contributed by atoms with Crippen LogP contribution in [0.3, 0.4) is 0 Å². The van der Waals surface area contributed by atoms with Crippen molar-refractivity contribution in [1.29, 1.82) is 0 Å². The summed E-state index contributed by atoms with van der Waals surface area (Å²) in [6.45, 7) is 0. The lowest BCUT2D eigenvalue weighted by molar-refractivity contribution is -0.137. The smallest absolute Gasteiger partial charge is 0.205 e. The summed E-state index contributed by atoms with van der Waals surface area (Å²) >= 11 is 0. The Morgan fingerprint density at radius 3 is 2.05 bits per heavy atom. The predicted octanol–water partition coefficient (Wildman–Crippen LogP) is 5.29. The maximum absolute atomic E-state index is 13.0. The number of alkyl halides is 5. The van der Waals surface area contributed by atoms with Gasteiger partial charge in [-0.05, 0) is 40.5 Å². The van der Waals surface area contributed by atoms with E-state index in [1.54, 1.807) is 6.07 Å². The van der Waals surface area contributed by atoms with Gasteiger partial charge in [0.1, 0.15) is 0 Å². The molecule has 2 aliphatic carbocycles. The van der Waals surface area contributed by atoms with Gasteiger partial charge in [0.15, 0.2) is 0 Å². The molecular formula is C14H7F5. The van der Waals surface area contributed by atoms with E-state index >= 15 is 0 Å². The summed E-state index contributed by atoms with van der Waals surface area (Å²) in [6, 6.07) is 7.71. The summed E-state index contributed by atoms with van der Waals surface area (Å²) in [5.41, 5.74) is -0.447. The molecule has 0 N–H and O–H groups in total. The van der Waals surface area contributed by atoms with Gasteiger partial charge in [-0.25, -0.2) is 8.78 Å². The maximum atomic E-state index is 13.0. The second-order valence-electron chi connectivity index (χ2n) is 4.36. The third-order valence-electron chi connectivity index (χ3n) is 3.24. The predicted molar refractivity (Wildman–Crippen MR) is 60.8 cm³/mol. The van der Waals surface area contributed by atoms with Crippen molar-refractivity contribution < 1.29 is 22.0 Å². The molecule has 0 saturated heterocycles. The van der Waals surface area contributed by atoms with Gasteiger partial charge in [0.05, 0.1) is 5.56 Å². The van der Waals surface area contributed by atoms with Gasteiger partial charge in [-0.1, -0.05) is 18.2 Å². The minimum absolute atomic E-state index is 0.0505. The van der Waals surface area contributed by atoms with Crippen LogP contribution < -0.4 is 0 Å². The minimum atomic E-state index is -4.56. The Labute approximate surface area is 105 Å². The fourth-order valence-electron chi connectivity index (χ4n) is 2.36. The maximum Gasteiger partial charge on any atom is 0.417 e. The molecule has 0 atom stereocenters. The van der Waals surface area contributed by atoms with Crippen LogP contribution in [0.5, 0.6) is 0 Å². The average Bonchev–Trinajstić information content (AvgIpc) is 2.53. The van der Waals surface area contributed by atoms with Gasteiger partial charge in [-0.3, -0.25) is 0 Å². The minimum Gasteiger partial charge on any atom is -0.205 e. The molecule has 0 heterocycles. The molecule has 2 aliphatic rings. The molecule has 2 aromatic rings. The van der Waals surface area contributed by atoms with Gasteiger partial charge in [0.2, 0.25) is 0 Å². The number of benzene rings is 2. The number of hydrogen-bond acceptors (Lipinski definition) is 0. The van der Waals surface area contributed by atoms with Crippen molar-refractivity contribution in [3.63, 3.8) is 0 Å². The first kappa shape index (κ1) is 12.1. The van der Waals surface area contributed by atoms with E-state index in [9.17, 15) is 22.0 Å². The van der Waals surface area contributed by atoms with Crippen molar-refractivity contribution in [2.75, 3.05) is 0 Å². The van der Waals surface area contributed by atoms with Crippen LogP contribution in [-0.2, 0) is 6.18 Å². The molecule has 0 spiro atoms. The first-order valence-corrected chi connectivity index (χ1v) is 5.52. The van der Waals surface area contributed by atoms with E-state index in [1.165, 1.54) is 24.3 Å². The Bertz CT molecular complexity index is 655. The second-order valence-corrected chi connectivity index (χ2v) is 4.36. The molecule has 4 bridgehead atoms. The lowest BCUT2D eigenvalue weighted by Gasteiger charge is -2.13. The summed E-state index contributed by atoms with van der Waals surface area (Å²) in [4.78, 5) is 0. The lowest BCUT2D eigenvalue weighted by atomic mass is 9.97. The van der Waals surface area contributed by atoms with Crippen LogP contribution in [0.2, 0.25) is 0 Å². The molecule has 5 heteroatoms. The fraction of sp³-hybridized carbons (Fsp3) is 0.143. The highest BCUT2D eigenvalue weighted by Crippen LogP contribution is 2.45. The zero-order valence-corrected chi connectivity index (χ0v) is 9.43. The topological polar surface area (TPSA) is 0 Å². The van der Waals surface area contributed by atoms with Gasteiger partial charge in [0.25, 0.3) is 6.43 Å². The molecule has 2 aromatic carbocycles. The van der Waals surface area contributed by atoms with Crippen molar-refractivity contribution in [2.24, 2.45) is 0 Å². The van der Waals surface area contributed by atoms with Crippen LogP contribution in [0.4, 0.5) is 22.0 Å². The summed E-state index contributed by atoms with van der Waals surface area (Å²) in [6.07, 6.45) is -7.36. The van der Waals surface area contributed by atoms with Crippen LogP contribution in [0, 0.1) is 0 Å². The molecule has 0 unspecified atom stereocenters. The lowest BCUT2D eigenvalue weighted by Crippen LogP contribution is -2.07. The molecule has 0 aromatic heterocycles. The molecule has 0 amide bonds. The summed E-state index contributed by atoms with van der Waals surface area (Å²) in [7, 11) is 0. The van der Waals surface area contributed by atoms with Crippen LogP contribution in [-0.4, -0.2) is 0 Å². The van der Waals surface area contributed by atoms with E-state index in [2.05, 4.69) is 0 Å². The van der Waals surface area contributed by atoms with Crippen LogP contribution in [0.15, 0.2) is 36.4 Å². The van der Waals surface area contributed by atoms with Crippen molar-refractivity contribution in [1.82, 2.24) is 0 Å². The molecule has 98 valence electrons. The van der Waals surface area contributed by atoms with Gasteiger partial charge in [-0.15, -0.1) is 0 Å². The Kier molecular flexibility index (Phi) is 2.42. The highest BCUT2D eigenvalue weighted by atomic mass is 19.4. The molecular weight excluding hydrogens is 263 g/mol. The van der Waals surface area contributed by atoms with Crippen molar-refractivity contribution in [2.45, 2.75) is 12.6 Å². The van der Waals surface area contributed by atoms with E-state index in [1.807, 2.05) is 0 Å². The standard InChI is InChI=1S/C14H7F5/c15-13(16)11-6-7-1-3-9(11)10-5-8(7)2-4-12(10)14(17,18)19/h1-6,13H. The number of halogens is 5. The van der Waals surface area contributed by atoms with Crippen molar-refractivity contribution in [3.8, 4) is 22.3 Å². The average molecular weight is 270 g/mol. The summed E-state index contributed by atoms with van der Waals surface area (Å²) in [5, 5.41) is 0. The quantitative estimate of drug-likeness (QED) is 0.527. The van der Waals surface area contributed by atoms with Crippen molar-refractivity contribution in [3.05, 3.63) is 47.5 Å². The summed E-state index contributed by atoms with van der Waals surface area (Å²) in [5.74, 6) is 0. The Morgan fingerprint density at radius 1 is 0.789 bits per heavy atom. The molecule has 0 fully saturated rings. The third-order valence-corrected chi connectivity index (χ3v) is 3.24. The van der Waals surface area contributed by atoms with Gasteiger partial charge >= 0.3 is 6.18 Å². The number of hydrogen-bond donors (Lipinski definition) is 0. The molecule has 0 radical (unpaired) electrons. The molecule has 0 aliphatic heterocycles. The van der Waals surface area contributed by atoms with Gasteiger partial charge in [-0.2, -0.15) is 13.2 Å². The first-order chi connectivity index (χ1) is 8.88. The molecule has 4 rings (SSSR count). The Morgan fingerprint density at radius 2 is 1.42 bits per heavy atom. The van der Waals surface area contributed by atoms with Crippen LogP contribution >= 0.6 is 0 Å². The Hall–Kier alpha value is -1.91. The SMILES string of the molecule is FC(F)c1cc2ccc1-c1cc-2ccc1C(F)(F)F. The number of rotatable bonds is 1. The fourth-order valence-corrected chi connectivity index (χ4v) is 2.36. The normalized spacial score (nSPS) is 12.9. The zero-order valence-electron chi connectivity index (χ0n) is 9.43. The van der Waals surface area contributed by atoms with Crippen LogP contribution in [0.25, 0.3) is 22.3 Å². The molecule has 0 saturated carbocycles. The monoisotopic (exact) mass is 270 g/mol. The van der Waals surface area contributed by atoms with Crippen molar-refractivity contribution >= 4 is 0 Å². The molecule has 0 nitrogen and oxygen atoms in total. The Balaban J connectivity index is 2.35. The number of fused-ring (bicyclic) bond motifs is 2. The van der Waals surface area contributed by atoms with Crippen LogP contribution in [0.1, 0.15) is 17.6 Å². The largest absolute Gasteiger partial charge is 0.417 e. The van der Waals surface area contributed by atoms with E-state index in [4.69, 9.17) is 0 Å². The van der Waals surface area contributed by atoms with E-state index in [0.717, 1.165) is 6.07 Å². The molecule has 19 heavy (non-hydrogen) atoms. The van der Waals surface area contributed by atoms with E-state index < -0.39 is 18.2 Å². The van der Waals surface area contributed by atoms with E-state index in [0.29, 0.717) is 11.1 Å². The highest BCUT2D eigenvalue weighted by molar-refractivity contribution is 5.83. The highest BCUT2D eigenvalue weighted by Gasteiger charge is 2.35. The first-order valence-electron chi connectivity index (χ1n) is 5.52. The van der Waals surface area contributed by atoms with Gasteiger partial charge < -0.3 is 0 Å². The third kappa shape index (κ3) is 1.80. The summed E-state index contributed by atoms with van der Waals surface area (Å²) < 4.78 is 64.7. The second kappa shape index (κ2) is 3.79. The zero-order chi connectivity index (χ0) is 13.8. The van der Waals surface area contributed by atoms with E-state index in [-0.39, 0.29) is 16.7 Å².